The summed E-state index contributed by atoms with van der Waals surface area (Å²) in [6.07, 6.45) is 0.864. The van der Waals surface area contributed by atoms with Crippen LogP contribution in [0.3, 0.4) is 0 Å². The Morgan fingerprint density at radius 1 is 0.583 bits per heavy atom. The number of fused-ring (bicyclic) bond motifs is 5. The number of benzene rings is 7. The van der Waals surface area contributed by atoms with Crippen LogP contribution in [0.1, 0.15) is 30.5 Å². The Morgan fingerprint density at radius 3 is 2.06 bits per heavy atom. The number of nitrogens with zero attached hydrogens (tertiary/aromatic N) is 3. The van der Waals surface area contributed by atoms with E-state index in [1.807, 2.05) is 12.1 Å². The molecule has 1 aromatic heterocycles. The van der Waals surface area contributed by atoms with Crippen LogP contribution in [0.15, 0.2) is 162 Å². The Morgan fingerprint density at radius 2 is 1.27 bits per heavy atom. The molecule has 0 amide bonds. The Balaban J connectivity index is 1.32. The van der Waals surface area contributed by atoms with Crippen molar-refractivity contribution in [1.82, 2.24) is 4.57 Å². The van der Waals surface area contributed by atoms with Crippen molar-refractivity contribution < 1.29 is 0 Å². The lowest BCUT2D eigenvalue weighted by molar-refractivity contribution is 0.522. The van der Waals surface area contributed by atoms with Crippen LogP contribution >= 0.6 is 11.6 Å². The summed E-state index contributed by atoms with van der Waals surface area (Å²) in [5.74, 6) is 1.75. The molecule has 3 nitrogen and oxygen atoms in total. The molecule has 0 saturated heterocycles. The minimum Gasteiger partial charge on any atom is -0.297 e. The van der Waals surface area contributed by atoms with Crippen LogP contribution in [0.5, 0.6) is 0 Å². The molecule has 9 rings (SSSR count). The third-order valence-electron chi connectivity index (χ3n) is 9.81. The van der Waals surface area contributed by atoms with Gasteiger partial charge in [-0.15, -0.1) is 0 Å². The molecule has 4 heteroatoms. The smallest absolute Gasteiger partial charge is 0.157 e. The van der Waals surface area contributed by atoms with E-state index in [9.17, 15) is 0 Å². The normalized spacial score (nSPS) is 16.5. The van der Waals surface area contributed by atoms with Crippen molar-refractivity contribution in [2.45, 2.75) is 19.4 Å². The minimum atomic E-state index is -0.139. The van der Waals surface area contributed by atoms with Crippen LogP contribution in [-0.2, 0) is 0 Å². The standard InChI is InChI=1S/C44H32ClN3/c1-2-36-42(34-19-10-18-31(24-34)28-12-4-3-5-13-28)46-43(35-23-22-29-14-6-7-15-30(29)25-35)47-44(36)48-39-21-11-20-38(45)41(39)37-26-32-16-8-9-17-33(32)27-40(37)48/h3-27,36,42H,2H2,1H3. The maximum Gasteiger partial charge on any atom is 0.157 e. The Labute approximate surface area is 284 Å². The average Bonchev–Trinajstić information content (AvgIpc) is 3.47. The first-order valence-electron chi connectivity index (χ1n) is 16.6. The molecular formula is C44H32ClN3. The van der Waals surface area contributed by atoms with Crippen molar-refractivity contribution in [3.63, 3.8) is 0 Å². The quantitative estimate of drug-likeness (QED) is 0.184. The van der Waals surface area contributed by atoms with Crippen molar-refractivity contribution in [3.8, 4) is 11.1 Å². The molecule has 1 aliphatic heterocycles. The van der Waals surface area contributed by atoms with Gasteiger partial charge in [0.1, 0.15) is 5.84 Å². The van der Waals surface area contributed by atoms with E-state index in [1.54, 1.807) is 0 Å². The molecule has 2 atom stereocenters. The Bertz CT molecular complexity index is 2580. The van der Waals surface area contributed by atoms with Gasteiger partial charge in [0.05, 0.1) is 22.1 Å². The van der Waals surface area contributed by atoms with Gasteiger partial charge in [-0.25, -0.2) is 4.99 Å². The van der Waals surface area contributed by atoms with Gasteiger partial charge >= 0.3 is 0 Å². The maximum absolute atomic E-state index is 7.01. The Hall–Kier alpha value is -5.51. The van der Waals surface area contributed by atoms with Gasteiger partial charge in [-0.05, 0) is 81.1 Å². The van der Waals surface area contributed by atoms with Crippen molar-refractivity contribution >= 4 is 66.6 Å². The number of hydrogen-bond acceptors (Lipinski definition) is 2. The van der Waals surface area contributed by atoms with Gasteiger partial charge in [0, 0.05) is 22.3 Å². The molecule has 2 unspecified atom stereocenters. The van der Waals surface area contributed by atoms with Crippen molar-refractivity contribution in [2.24, 2.45) is 15.9 Å². The first-order chi connectivity index (χ1) is 23.7. The van der Waals surface area contributed by atoms with E-state index in [4.69, 9.17) is 21.6 Å². The van der Waals surface area contributed by atoms with Crippen LogP contribution in [0.25, 0.3) is 54.5 Å². The van der Waals surface area contributed by atoms with E-state index < -0.39 is 0 Å². The fourth-order valence-electron chi connectivity index (χ4n) is 7.47. The van der Waals surface area contributed by atoms with Crippen LogP contribution in [-0.4, -0.2) is 16.2 Å². The van der Waals surface area contributed by atoms with Gasteiger partial charge < -0.3 is 0 Å². The highest BCUT2D eigenvalue weighted by Gasteiger charge is 2.34. The van der Waals surface area contributed by atoms with Crippen molar-refractivity contribution in [2.75, 3.05) is 0 Å². The van der Waals surface area contributed by atoms with Crippen molar-refractivity contribution in [1.29, 1.82) is 0 Å². The topological polar surface area (TPSA) is 29.6 Å². The summed E-state index contributed by atoms with van der Waals surface area (Å²) >= 11 is 7.01. The highest BCUT2D eigenvalue weighted by Crippen LogP contribution is 2.41. The van der Waals surface area contributed by atoms with Gasteiger partial charge in [-0.1, -0.05) is 134 Å². The first kappa shape index (κ1) is 28.7. The predicted molar refractivity (Wildman–Crippen MR) is 204 cm³/mol. The van der Waals surface area contributed by atoms with Gasteiger partial charge in [0.25, 0.3) is 0 Å². The molecule has 0 N–H and O–H groups in total. The summed E-state index contributed by atoms with van der Waals surface area (Å²) < 4.78 is 2.36. The summed E-state index contributed by atoms with van der Waals surface area (Å²) in [5, 5.41) is 7.67. The van der Waals surface area contributed by atoms with Crippen LogP contribution in [0.2, 0.25) is 5.02 Å². The van der Waals surface area contributed by atoms with E-state index in [-0.39, 0.29) is 12.0 Å². The van der Waals surface area contributed by atoms with E-state index >= 15 is 0 Å². The number of rotatable bonds is 4. The molecule has 8 aromatic rings. The highest BCUT2D eigenvalue weighted by molar-refractivity contribution is 6.39. The van der Waals surface area contributed by atoms with E-state index in [1.165, 1.54) is 38.2 Å². The fraction of sp³-hybridized carbons (Fsp3) is 0.0909. The van der Waals surface area contributed by atoms with Crippen LogP contribution in [0, 0.1) is 5.92 Å². The number of amidine groups is 1. The van der Waals surface area contributed by atoms with Crippen LogP contribution < -0.4 is 0 Å². The minimum absolute atomic E-state index is 0.0180. The number of halogens is 1. The molecule has 230 valence electrons. The molecule has 2 heterocycles. The average molecular weight is 638 g/mol. The largest absolute Gasteiger partial charge is 0.297 e. The lowest BCUT2D eigenvalue weighted by Gasteiger charge is -2.31. The molecular weight excluding hydrogens is 606 g/mol. The molecule has 0 fully saturated rings. The molecule has 0 saturated carbocycles. The summed E-state index contributed by atoms with van der Waals surface area (Å²) in [4.78, 5) is 11.0. The summed E-state index contributed by atoms with van der Waals surface area (Å²) in [6, 6.07) is 53.6. The van der Waals surface area contributed by atoms with E-state index in [0.717, 1.165) is 50.5 Å². The molecule has 0 aliphatic carbocycles. The molecule has 0 bridgehead atoms. The molecule has 7 aromatic carbocycles. The first-order valence-corrected chi connectivity index (χ1v) is 17.0. The lowest BCUT2D eigenvalue weighted by atomic mass is 9.87. The zero-order valence-electron chi connectivity index (χ0n) is 26.5. The van der Waals surface area contributed by atoms with Crippen LogP contribution in [0.4, 0.5) is 0 Å². The molecule has 0 spiro atoms. The zero-order valence-corrected chi connectivity index (χ0v) is 27.3. The second-order valence-electron chi connectivity index (χ2n) is 12.6. The number of aromatic nitrogens is 1. The van der Waals surface area contributed by atoms with Gasteiger partial charge in [0.15, 0.2) is 5.84 Å². The summed E-state index contributed by atoms with van der Waals surface area (Å²) in [7, 11) is 0. The summed E-state index contributed by atoms with van der Waals surface area (Å²) in [6.45, 7) is 2.25. The van der Waals surface area contributed by atoms with E-state index in [0.29, 0.717) is 0 Å². The van der Waals surface area contributed by atoms with Gasteiger partial charge in [0.2, 0.25) is 0 Å². The molecule has 48 heavy (non-hydrogen) atoms. The monoisotopic (exact) mass is 637 g/mol. The maximum atomic E-state index is 7.01. The van der Waals surface area contributed by atoms with Gasteiger partial charge in [-0.3, -0.25) is 9.56 Å². The third kappa shape index (κ3) is 4.73. The lowest BCUT2D eigenvalue weighted by Crippen LogP contribution is -2.32. The van der Waals surface area contributed by atoms with Crippen molar-refractivity contribution in [3.05, 3.63) is 168 Å². The zero-order chi connectivity index (χ0) is 32.2. The predicted octanol–water partition coefficient (Wildman–Crippen LogP) is 11.9. The van der Waals surface area contributed by atoms with Gasteiger partial charge in [-0.2, -0.15) is 0 Å². The SMILES string of the molecule is CCC1C(n2c3cc4ccccc4cc3c3c(Cl)cccc32)=NC(c2ccc3ccccc3c2)=NC1c1cccc(-c2ccccc2)c1. The fourth-order valence-corrected chi connectivity index (χ4v) is 7.74. The third-order valence-corrected chi connectivity index (χ3v) is 10.1. The summed E-state index contributed by atoms with van der Waals surface area (Å²) in [5.41, 5.74) is 6.73. The second kappa shape index (κ2) is 11.6. The Kier molecular flexibility index (Phi) is 6.95. The number of aliphatic imine (C=N–C) groups is 2. The molecule has 1 aliphatic rings. The second-order valence-corrected chi connectivity index (χ2v) is 13.0. The molecule has 0 radical (unpaired) electrons. The van der Waals surface area contributed by atoms with E-state index in [2.05, 4.69) is 151 Å². The highest BCUT2D eigenvalue weighted by atomic mass is 35.5. The number of hydrogen-bond donors (Lipinski definition) is 0.